The Morgan fingerprint density at radius 3 is 2.84 bits per heavy atom. The Hall–Kier alpha value is -1.22. The SMILES string of the molecule is CCCC1(C2CC2)c2cc(Cl)ccc2NC(=O)N1C. The van der Waals surface area contributed by atoms with Crippen LogP contribution in [0.5, 0.6) is 0 Å². The van der Waals surface area contributed by atoms with Gasteiger partial charge in [0.1, 0.15) is 0 Å². The molecule has 2 amide bonds. The maximum atomic E-state index is 12.2. The van der Waals surface area contributed by atoms with Crippen molar-refractivity contribution in [3.8, 4) is 0 Å². The number of rotatable bonds is 3. The highest BCUT2D eigenvalue weighted by Gasteiger charge is 2.53. The van der Waals surface area contributed by atoms with Gasteiger partial charge in [-0.3, -0.25) is 0 Å². The van der Waals surface area contributed by atoms with Gasteiger partial charge in [0.05, 0.1) is 5.54 Å². The molecule has 1 saturated carbocycles. The summed E-state index contributed by atoms with van der Waals surface area (Å²) in [7, 11) is 1.91. The molecule has 0 saturated heterocycles. The molecule has 1 aliphatic heterocycles. The number of nitrogens with one attached hydrogen (secondary N) is 1. The van der Waals surface area contributed by atoms with Crippen molar-refractivity contribution in [1.82, 2.24) is 4.90 Å². The molecular formula is C15H19ClN2O. The van der Waals surface area contributed by atoms with Crippen molar-refractivity contribution in [2.45, 2.75) is 38.1 Å². The van der Waals surface area contributed by atoms with E-state index in [4.69, 9.17) is 11.6 Å². The molecule has 1 unspecified atom stereocenters. The van der Waals surface area contributed by atoms with Crippen LogP contribution in [0.1, 0.15) is 38.2 Å². The quantitative estimate of drug-likeness (QED) is 0.882. The topological polar surface area (TPSA) is 32.3 Å². The van der Waals surface area contributed by atoms with Gasteiger partial charge in [-0.15, -0.1) is 0 Å². The summed E-state index contributed by atoms with van der Waals surface area (Å²) < 4.78 is 0. The van der Waals surface area contributed by atoms with Crippen LogP contribution < -0.4 is 5.32 Å². The number of urea groups is 1. The van der Waals surface area contributed by atoms with Gasteiger partial charge in [0.15, 0.2) is 0 Å². The first-order valence-corrected chi connectivity index (χ1v) is 7.32. The van der Waals surface area contributed by atoms with Crippen molar-refractivity contribution in [2.75, 3.05) is 12.4 Å². The number of carbonyl (C=O) groups excluding carboxylic acids is 1. The van der Waals surface area contributed by atoms with Crippen molar-refractivity contribution in [3.05, 3.63) is 28.8 Å². The Bertz CT molecular complexity index is 527. The number of anilines is 1. The maximum absolute atomic E-state index is 12.2. The van der Waals surface area contributed by atoms with E-state index >= 15 is 0 Å². The van der Waals surface area contributed by atoms with Crippen LogP contribution >= 0.6 is 11.6 Å². The fraction of sp³-hybridized carbons (Fsp3) is 0.533. The van der Waals surface area contributed by atoms with E-state index in [-0.39, 0.29) is 11.6 Å². The molecule has 0 bridgehead atoms. The molecule has 1 atom stereocenters. The van der Waals surface area contributed by atoms with Crippen LogP contribution in [0.3, 0.4) is 0 Å². The zero-order chi connectivity index (χ0) is 13.6. The van der Waals surface area contributed by atoms with E-state index < -0.39 is 0 Å². The third-order valence-electron chi connectivity index (χ3n) is 4.48. The molecule has 3 rings (SSSR count). The van der Waals surface area contributed by atoms with Crippen molar-refractivity contribution in [1.29, 1.82) is 0 Å². The third-order valence-corrected chi connectivity index (χ3v) is 4.71. The first-order valence-electron chi connectivity index (χ1n) is 6.94. The van der Waals surface area contributed by atoms with Gasteiger partial charge in [-0.05, 0) is 43.4 Å². The highest BCUT2D eigenvalue weighted by atomic mass is 35.5. The van der Waals surface area contributed by atoms with Crippen molar-refractivity contribution >= 4 is 23.3 Å². The molecule has 102 valence electrons. The second kappa shape index (κ2) is 4.41. The largest absolute Gasteiger partial charge is 0.322 e. The lowest BCUT2D eigenvalue weighted by Gasteiger charge is -2.47. The Morgan fingerprint density at radius 1 is 1.47 bits per heavy atom. The molecule has 1 aromatic carbocycles. The molecule has 0 radical (unpaired) electrons. The van der Waals surface area contributed by atoms with Crippen molar-refractivity contribution in [2.24, 2.45) is 5.92 Å². The lowest BCUT2D eigenvalue weighted by atomic mass is 9.77. The second-order valence-electron chi connectivity index (χ2n) is 5.63. The van der Waals surface area contributed by atoms with Gasteiger partial charge in [0.25, 0.3) is 0 Å². The van der Waals surface area contributed by atoms with E-state index in [9.17, 15) is 4.79 Å². The van der Waals surface area contributed by atoms with Crippen LogP contribution in [0.25, 0.3) is 0 Å². The fourth-order valence-corrected chi connectivity index (χ4v) is 3.66. The van der Waals surface area contributed by atoms with Gasteiger partial charge < -0.3 is 10.2 Å². The van der Waals surface area contributed by atoms with E-state index in [1.807, 2.05) is 30.1 Å². The minimum Gasteiger partial charge on any atom is -0.317 e. The standard InChI is InChI=1S/C15H19ClN2O/c1-3-8-15(10-4-5-10)12-9-11(16)6-7-13(12)17-14(19)18(15)2/h6-7,9-10H,3-5,8H2,1-2H3,(H,17,19). The fourth-order valence-electron chi connectivity index (χ4n) is 3.49. The second-order valence-corrected chi connectivity index (χ2v) is 6.06. The van der Waals surface area contributed by atoms with Crippen LogP contribution in [-0.2, 0) is 5.54 Å². The molecule has 19 heavy (non-hydrogen) atoms. The number of halogens is 1. The molecular weight excluding hydrogens is 260 g/mol. The molecule has 3 nitrogen and oxygen atoms in total. The lowest BCUT2D eigenvalue weighted by molar-refractivity contribution is 0.108. The van der Waals surface area contributed by atoms with Crippen LogP contribution in [0.15, 0.2) is 18.2 Å². The van der Waals surface area contributed by atoms with Gasteiger partial charge >= 0.3 is 6.03 Å². The Kier molecular flexibility index (Phi) is 2.97. The van der Waals surface area contributed by atoms with E-state index in [1.165, 1.54) is 18.4 Å². The molecule has 1 fully saturated rings. The van der Waals surface area contributed by atoms with Gasteiger partial charge in [0, 0.05) is 23.3 Å². The Balaban J connectivity index is 2.20. The molecule has 1 N–H and O–H groups in total. The zero-order valence-corrected chi connectivity index (χ0v) is 12.1. The summed E-state index contributed by atoms with van der Waals surface area (Å²) in [4.78, 5) is 14.1. The predicted molar refractivity (Wildman–Crippen MR) is 77.5 cm³/mol. The van der Waals surface area contributed by atoms with E-state index in [1.54, 1.807) is 0 Å². The van der Waals surface area contributed by atoms with Crippen molar-refractivity contribution in [3.63, 3.8) is 0 Å². The van der Waals surface area contributed by atoms with Crippen LogP contribution in [0, 0.1) is 5.92 Å². The average molecular weight is 279 g/mol. The first-order chi connectivity index (χ1) is 9.09. The number of hydrogen-bond acceptors (Lipinski definition) is 1. The molecule has 1 aliphatic carbocycles. The highest BCUT2D eigenvalue weighted by Crippen LogP contribution is 2.55. The van der Waals surface area contributed by atoms with E-state index in [2.05, 4.69) is 12.2 Å². The normalized spacial score (nSPS) is 26.1. The first kappa shape index (κ1) is 12.8. The van der Waals surface area contributed by atoms with Gasteiger partial charge in [-0.2, -0.15) is 0 Å². The average Bonchev–Trinajstić information content (AvgIpc) is 3.21. The molecule has 4 heteroatoms. The minimum atomic E-state index is -0.169. The molecule has 2 aliphatic rings. The number of amides is 2. The minimum absolute atomic E-state index is 0.00447. The van der Waals surface area contributed by atoms with Crippen molar-refractivity contribution < 1.29 is 4.79 Å². The number of hydrogen-bond donors (Lipinski definition) is 1. The number of benzene rings is 1. The summed E-state index contributed by atoms with van der Waals surface area (Å²) in [6.07, 6.45) is 4.45. The summed E-state index contributed by atoms with van der Waals surface area (Å²) in [6, 6.07) is 5.79. The Morgan fingerprint density at radius 2 is 2.21 bits per heavy atom. The molecule has 1 heterocycles. The summed E-state index contributed by atoms with van der Waals surface area (Å²) in [5.74, 6) is 0.570. The van der Waals surface area contributed by atoms with Crippen LogP contribution in [-0.4, -0.2) is 18.0 Å². The summed E-state index contributed by atoms with van der Waals surface area (Å²) >= 11 is 6.18. The van der Waals surface area contributed by atoms with E-state index in [0.717, 1.165) is 23.6 Å². The van der Waals surface area contributed by atoms with Gasteiger partial charge in [-0.1, -0.05) is 24.9 Å². The van der Waals surface area contributed by atoms with E-state index in [0.29, 0.717) is 5.92 Å². The number of carbonyl (C=O) groups is 1. The number of nitrogens with zero attached hydrogens (tertiary/aromatic N) is 1. The third kappa shape index (κ3) is 1.83. The highest BCUT2D eigenvalue weighted by molar-refractivity contribution is 6.30. The smallest absolute Gasteiger partial charge is 0.317 e. The monoisotopic (exact) mass is 278 g/mol. The lowest BCUT2D eigenvalue weighted by Crippen LogP contribution is -2.54. The zero-order valence-electron chi connectivity index (χ0n) is 11.4. The predicted octanol–water partition coefficient (Wildman–Crippen LogP) is 4.22. The van der Waals surface area contributed by atoms with Crippen LogP contribution in [0.4, 0.5) is 10.5 Å². The molecule has 0 spiro atoms. The molecule has 1 aromatic rings. The maximum Gasteiger partial charge on any atom is 0.322 e. The Labute approximate surface area is 118 Å². The summed E-state index contributed by atoms with van der Waals surface area (Å²) in [5, 5.41) is 3.70. The van der Waals surface area contributed by atoms with Crippen LogP contribution in [0.2, 0.25) is 5.02 Å². The molecule has 0 aromatic heterocycles. The summed E-state index contributed by atoms with van der Waals surface area (Å²) in [6.45, 7) is 2.18. The number of fused-ring (bicyclic) bond motifs is 1. The summed E-state index contributed by atoms with van der Waals surface area (Å²) in [5.41, 5.74) is 1.94. The van der Waals surface area contributed by atoms with Gasteiger partial charge in [-0.25, -0.2) is 4.79 Å². The van der Waals surface area contributed by atoms with Gasteiger partial charge in [0.2, 0.25) is 0 Å².